The van der Waals surface area contributed by atoms with E-state index in [1.807, 2.05) is 0 Å². The largest absolute Gasteiger partial charge is 0.481 e. The second kappa shape index (κ2) is 6.45. The van der Waals surface area contributed by atoms with E-state index < -0.39 is 29.7 Å². The number of hydrogen-bond donors (Lipinski definition) is 2. The van der Waals surface area contributed by atoms with Gasteiger partial charge in [0.1, 0.15) is 17.7 Å². The number of rotatable bonds is 4. The monoisotopic (exact) mass is 326 g/mol. The molecule has 1 aliphatic heterocycles. The molecule has 2 atom stereocenters. The number of nitrogens with zero attached hydrogens (tertiary/aromatic N) is 3. The summed E-state index contributed by atoms with van der Waals surface area (Å²) < 4.78 is 0. The third kappa shape index (κ3) is 2.94. The maximum absolute atomic E-state index is 12.6. The van der Waals surface area contributed by atoms with Gasteiger partial charge < -0.3 is 15.3 Å². The minimum absolute atomic E-state index is 0.0103. The van der Waals surface area contributed by atoms with Gasteiger partial charge in [0.2, 0.25) is 0 Å². The van der Waals surface area contributed by atoms with Crippen molar-refractivity contribution in [1.82, 2.24) is 15.3 Å². The molecule has 3 rings (SSSR count). The molecule has 0 saturated carbocycles. The molecule has 1 aliphatic rings. The van der Waals surface area contributed by atoms with Gasteiger partial charge in [0.15, 0.2) is 0 Å². The molecule has 2 heterocycles. The molecule has 0 bridgehead atoms. The fourth-order valence-electron chi connectivity index (χ4n) is 2.59. The van der Waals surface area contributed by atoms with Crippen molar-refractivity contribution >= 4 is 23.5 Å². The quantitative estimate of drug-likeness (QED) is 0.837. The number of carboxylic acids is 1. The van der Waals surface area contributed by atoms with Crippen molar-refractivity contribution in [2.75, 3.05) is 11.4 Å². The molecule has 8 nitrogen and oxygen atoms in total. The van der Waals surface area contributed by atoms with E-state index in [0.717, 1.165) is 0 Å². The number of aliphatic carboxylic acids is 1. The van der Waals surface area contributed by atoms with Crippen LogP contribution < -0.4 is 10.2 Å². The van der Waals surface area contributed by atoms with Crippen LogP contribution in [0.25, 0.3) is 0 Å². The van der Waals surface area contributed by atoms with E-state index in [0.29, 0.717) is 5.69 Å². The van der Waals surface area contributed by atoms with E-state index in [-0.39, 0.29) is 12.2 Å². The van der Waals surface area contributed by atoms with Crippen LogP contribution in [-0.2, 0) is 9.59 Å². The van der Waals surface area contributed by atoms with Crippen molar-refractivity contribution in [2.45, 2.75) is 6.04 Å². The minimum Gasteiger partial charge on any atom is -0.481 e. The Balaban J connectivity index is 1.84. The zero-order valence-corrected chi connectivity index (χ0v) is 12.5. The molecule has 0 radical (unpaired) electrons. The fourth-order valence-corrected chi connectivity index (χ4v) is 2.59. The van der Waals surface area contributed by atoms with Crippen LogP contribution in [0, 0.1) is 5.92 Å². The van der Waals surface area contributed by atoms with Gasteiger partial charge in [-0.1, -0.05) is 18.2 Å². The third-order valence-electron chi connectivity index (χ3n) is 3.78. The topological polar surface area (TPSA) is 112 Å². The second-order valence-electron chi connectivity index (χ2n) is 5.27. The molecular weight excluding hydrogens is 312 g/mol. The van der Waals surface area contributed by atoms with Crippen molar-refractivity contribution in [1.29, 1.82) is 0 Å². The minimum atomic E-state index is -1.16. The van der Waals surface area contributed by atoms with Crippen LogP contribution >= 0.6 is 0 Å². The predicted molar refractivity (Wildman–Crippen MR) is 83.2 cm³/mol. The highest BCUT2D eigenvalue weighted by Gasteiger charge is 2.46. The van der Waals surface area contributed by atoms with Crippen LogP contribution in [0.2, 0.25) is 0 Å². The number of benzene rings is 1. The van der Waals surface area contributed by atoms with Crippen LogP contribution in [-0.4, -0.2) is 45.4 Å². The lowest BCUT2D eigenvalue weighted by Crippen LogP contribution is -2.46. The van der Waals surface area contributed by atoms with Gasteiger partial charge in [0.25, 0.3) is 11.8 Å². The highest BCUT2D eigenvalue weighted by atomic mass is 16.4. The summed E-state index contributed by atoms with van der Waals surface area (Å²) in [5, 5.41) is 11.9. The van der Waals surface area contributed by atoms with E-state index in [4.69, 9.17) is 0 Å². The smallest absolute Gasteiger partial charge is 0.310 e. The van der Waals surface area contributed by atoms with Crippen LogP contribution in [0.1, 0.15) is 10.5 Å². The summed E-state index contributed by atoms with van der Waals surface area (Å²) in [7, 11) is 0. The van der Waals surface area contributed by atoms with Gasteiger partial charge in [-0.3, -0.25) is 19.4 Å². The average Bonchev–Trinajstić information content (AvgIpc) is 2.93. The Kier molecular flexibility index (Phi) is 4.19. The molecule has 0 unspecified atom stereocenters. The van der Waals surface area contributed by atoms with Gasteiger partial charge in [-0.25, -0.2) is 4.98 Å². The number of carboxylic acid groups (broad SMARTS) is 1. The maximum Gasteiger partial charge on any atom is 0.310 e. The zero-order chi connectivity index (χ0) is 17.1. The molecule has 8 heteroatoms. The van der Waals surface area contributed by atoms with E-state index in [9.17, 15) is 19.5 Å². The van der Waals surface area contributed by atoms with Gasteiger partial charge in [0, 0.05) is 24.6 Å². The Morgan fingerprint density at radius 3 is 2.58 bits per heavy atom. The van der Waals surface area contributed by atoms with E-state index >= 15 is 0 Å². The zero-order valence-electron chi connectivity index (χ0n) is 12.5. The van der Waals surface area contributed by atoms with Gasteiger partial charge >= 0.3 is 5.97 Å². The summed E-state index contributed by atoms with van der Waals surface area (Å²) in [6.07, 6.45) is 4.00. The lowest BCUT2D eigenvalue weighted by molar-refractivity contribution is -0.142. The summed E-state index contributed by atoms with van der Waals surface area (Å²) in [4.78, 5) is 45.3. The molecule has 1 saturated heterocycles. The molecular formula is C16H14N4O4. The molecule has 2 amide bonds. The summed E-state index contributed by atoms with van der Waals surface area (Å²) in [6, 6.07) is 7.57. The number of para-hydroxylation sites is 1. The molecule has 2 aromatic rings. The molecule has 2 N–H and O–H groups in total. The van der Waals surface area contributed by atoms with E-state index in [2.05, 4.69) is 15.3 Å². The van der Waals surface area contributed by atoms with Crippen molar-refractivity contribution in [3.05, 3.63) is 54.6 Å². The van der Waals surface area contributed by atoms with Crippen molar-refractivity contribution in [3.63, 3.8) is 0 Å². The molecule has 122 valence electrons. The number of aromatic nitrogens is 2. The van der Waals surface area contributed by atoms with E-state index in [1.54, 1.807) is 30.3 Å². The number of anilines is 1. The van der Waals surface area contributed by atoms with Gasteiger partial charge in [-0.2, -0.15) is 0 Å². The van der Waals surface area contributed by atoms with Crippen LogP contribution in [0.3, 0.4) is 0 Å². The second-order valence-corrected chi connectivity index (χ2v) is 5.27. The number of nitrogens with one attached hydrogen (secondary N) is 1. The first kappa shape index (κ1) is 15.6. The average molecular weight is 326 g/mol. The first-order valence-electron chi connectivity index (χ1n) is 7.24. The Hall–Kier alpha value is -3.29. The Labute approximate surface area is 137 Å². The molecule has 24 heavy (non-hydrogen) atoms. The Morgan fingerprint density at radius 1 is 1.21 bits per heavy atom. The number of carbonyl (C=O) groups excluding carboxylic acids is 2. The Morgan fingerprint density at radius 2 is 1.96 bits per heavy atom. The summed E-state index contributed by atoms with van der Waals surface area (Å²) >= 11 is 0. The third-order valence-corrected chi connectivity index (χ3v) is 3.78. The lowest BCUT2D eigenvalue weighted by Gasteiger charge is -2.16. The van der Waals surface area contributed by atoms with Crippen molar-refractivity contribution in [3.8, 4) is 0 Å². The van der Waals surface area contributed by atoms with Gasteiger partial charge in [-0.15, -0.1) is 0 Å². The first-order chi connectivity index (χ1) is 11.6. The van der Waals surface area contributed by atoms with E-state index in [1.165, 1.54) is 23.5 Å². The number of carbonyl (C=O) groups is 3. The summed E-state index contributed by atoms with van der Waals surface area (Å²) in [6.45, 7) is -0.0103. The molecule has 0 spiro atoms. The first-order valence-corrected chi connectivity index (χ1v) is 7.24. The van der Waals surface area contributed by atoms with Crippen LogP contribution in [0.15, 0.2) is 48.9 Å². The fraction of sp³-hybridized carbons (Fsp3) is 0.188. The van der Waals surface area contributed by atoms with Gasteiger partial charge in [-0.05, 0) is 12.1 Å². The SMILES string of the molecule is O=C(N[C@@H]1C(=O)N(c2ccccc2)C[C@@H]1C(=O)O)c1cnccn1. The standard InChI is InChI=1S/C16H14N4O4/c21-14(12-8-17-6-7-18-12)19-13-11(16(23)24)9-20(15(13)22)10-4-2-1-3-5-10/h1-8,11,13H,9H2,(H,19,21)(H,23,24)/t11-,13-/m0/s1. The number of hydrogen-bond acceptors (Lipinski definition) is 5. The van der Waals surface area contributed by atoms with Crippen LogP contribution in [0.4, 0.5) is 5.69 Å². The molecule has 0 aliphatic carbocycles. The molecule has 1 aromatic heterocycles. The summed E-state index contributed by atoms with van der Waals surface area (Å²) in [5.74, 6) is -3.29. The predicted octanol–water partition coefficient (Wildman–Crippen LogP) is 0.323. The Bertz CT molecular complexity index is 766. The summed E-state index contributed by atoms with van der Waals surface area (Å²) in [5.41, 5.74) is 0.609. The van der Waals surface area contributed by atoms with Gasteiger partial charge in [0.05, 0.1) is 6.20 Å². The van der Waals surface area contributed by atoms with Crippen LogP contribution in [0.5, 0.6) is 0 Å². The number of amides is 2. The van der Waals surface area contributed by atoms with Crippen molar-refractivity contribution < 1.29 is 19.5 Å². The van der Waals surface area contributed by atoms with Crippen molar-refractivity contribution in [2.24, 2.45) is 5.92 Å². The maximum atomic E-state index is 12.6. The lowest BCUT2D eigenvalue weighted by atomic mass is 10.0. The normalized spacial score (nSPS) is 20.0. The highest BCUT2D eigenvalue weighted by Crippen LogP contribution is 2.25. The molecule has 1 fully saturated rings. The molecule has 1 aromatic carbocycles. The highest BCUT2D eigenvalue weighted by molar-refractivity contribution is 6.06.